The summed E-state index contributed by atoms with van der Waals surface area (Å²) in [5.41, 5.74) is 1.90. The fourth-order valence-corrected chi connectivity index (χ4v) is 4.33. The number of piperazine rings is 1. The minimum Gasteiger partial charge on any atom is -0.497 e. The van der Waals surface area contributed by atoms with Crippen LogP contribution < -0.4 is 14.5 Å². The number of likely N-dealkylation sites (tertiary alicyclic amines) is 1. The highest BCUT2D eigenvalue weighted by Gasteiger charge is 2.45. The Morgan fingerprint density at radius 3 is 2.43 bits per heavy atom. The van der Waals surface area contributed by atoms with Gasteiger partial charge >= 0.3 is 0 Å². The molecule has 2 aromatic rings. The van der Waals surface area contributed by atoms with Crippen molar-refractivity contribution >= 4 is 17.6 Å². The topological polar surface area (TPSA) is 80.1 Å². The van der Waals surface area contributed by atoms with Crippen molar-refractivity contribution < 1.29 is 19.2 Å². The number of methoxy groups -OCH3 is 1. The summed E-state index contributed by atoms with van der Waals surface area (Å²) in [6.07, 6.45) is 0.330. The first kappa shape index (κ1) is 20.3. The van der Waals surface area contributed by atoms with Crippen molar-refractivity contribution in [2.24, 2.45) is 0 Å². The number of anilines is 1. The number of likely N-dealkylation sites (N-methyl/N-ethyl adjacent to an activating group) is 1. The molecule has 3 heterocycles. The second-order valence-corrected chi connectivity index (χ2v) is 7.77. The smallest absolute Gasteiger partial charge is 0.288 e. The molecular weight excluding hydrogens is 382 g/mol. The fourth-order valence-electron chi connectivity index (χ4n) is 4.33. The van der Waals surface area contributed by atoms with Crippen LogP contribution in [0, 0.1) is 6.92 Å². The summed E-state index contributed by atoms with van der Waals surface area (Å²) in [5, 5.41) is 0. The third-order valence-electron chi connectivity index (χ3n) is 5.99. The second-order valence-electron chi connectivity index (χ2n) is 7.77. The van der Waals surface area contributed by atoms with Gasteiger partial charge in [0, 0.05) is 18.2 Å². The van der Waals surface area contributed by atoms with Gasteiger partial charge in [0.15, 0.2) is 6.04 Å². The van der Waals surface area contributed by atoms with Crippen LogP contribution in [0.5, 0.6) is 5.75 Å². The average Bonchev–Trinajstić information content (AvgIpc) is 3.06. The van der Waals surface area contributed by atoms with Gasteiger partial charge in [-0.1, -0.05) is 0 Å². The van der Waals surface area contributed by atoms with Crippen LogP contribution >= 0.6 is 0 Å². The molecule has 2 amide bonds. The molecule has 0 radical (unpaired) electrons. The van der Waals surface area contributed by atoms with Crippen LogP contribution in [0.1, 0.15) is 19.2 Å². The van der Waals surface area contributed by atoms with Gasteiger partial charge in [-0.3, -0.25) is 14.5 Å². The molecule has 158 valence electrons. The first-order valence-electron chi connectivity index (χ1n) is 10.4. The lowest BCUT2D eigenvalue weighted by atomic mass is 10.1. The van der Waals surface area contributed by atoms with E-state index in [-0.39, 0.29) is 17.9 Å². The zero-order valence-electron chi connectivity index (χ0n) is 17.7. The van der Waals surface area contributed by atoms with E-state index in [4.69, 9.17) is 4.74 Å². The van der Waals surface area contributed by atoms with Crippen LogP contribution in [0.4, 0.5) is 5.82 Å². The number of aromatic nitrogens is 2. The van der Waals surface area contributed by atoms with E-state index in [2.05, 4.69) is 14.9 Å². The van der Waals surface area contributed by atoms with Crippen molar-refractivity contribution in [2.45, 2.75) is 26.3 Å². The Hall–Kier alpha value is -3.00. The molecule has 0 unspecified atom stereocenters. The Kier molecular flexibility index (Phi) is 5.67. The molecule has 1 atom stereocenters. The number of carbonyl (C=O) groups excluding carboxylic acids is 2. The zero-order valence-corrected chi connectivity index (χ0v) is 17.7. The SMILES string of the molecule is CCN1C(=O)C[C@@H]([NH+]2CCN(c3cc(-c4ccc(OC)cc4)nc(C)n3)CC2)C1=O. The minimum atomic E-state index is -0.235. The molecule has 0 saturated carbocycles. The molecule has 0 bridgehead atoms. The number of imide groups is 1. The van der Waals surface area contributed by atoms with Crippen molar-refractivity contribution in [3.05, 3.63) is 36.2 Å². The molecule has 2 aliphatic rings. The van der Waals surface area contributed by atoms with E-state index < -0.39 is 0 Å². The highest BCUT2D eigenvalue weighted by atomic mass is 16.5. The number of benzene rings is 1. The maximum atomic E-state index is 12.5. The monoisotopic (exact) mass is 410 g/mol. The molecule has 30 heavy (non-hydrogen) atoms. The average molecular weight is 410 g/mol. The van der Waals surface area contributed by atoms with E-state index >= 15 is 0 Å². The quantitative estimate of drug-likeness (QED) is 0.715. The van der Waals surface area contributed by atoms with Gasteiger partial charge in [0.2, 0.25) is 5.91 Å². The van der Waals surface area contributed by atoms with E-state index in [1.807, 2.05) is 44.2 Å². The zero-order chi connectivity index (χ0) is 21.3. The van der Waals surface area contributed by atoms with E-state index in [0.717, 1.165) is 54.8 Å². The predicted octanol–water partition coefficient (Wildman–Crippen LogP) is 0.313. The van der Waals surface area contributed by atoms with Crippen molar-refractivity contribution in [1.29, 1.82) is 0 Å². The number of aryl methyl sites for hydroxylation is 1. The number of nitrogens with zero attached hydrogens (tertiary/aromatic N) is 4. The molecule has 0 aliphatic carbocycles. The largest absolute Gasteiger partial charge is 0.497 e. The van der Waals surface area contributed by atoms with Crippen molar-refractivity contribution in [1.82, 2.24) is 14.9 Å². The molecule has 2 aliphatic heterocycles. The van der Waals surface area contributed by atoms with Gasteiger partial charge in [0.05, 0.1) is 45.4 Å². The summed E-state index contributed by atoms with van der Waals surface area (Å²) in [7, 11) is 1.65. The van der Waals surface area contributed by atoms with Crippen LogP contribution in [0.25, 0.3) is 11.3 Å². The van der Waals surface area contributed by atoms with E-state index in [0.29, 0.717) is 13.0 Å². The second kappa shape index (κ2) is 8.39. The standard InChI is InChI=1S/C22H27N5O3/c1-4-27-21(28)14-19(22(27)29)25-9-11-26(12-10-25)20-13-18(23-15(2)24-20)16-5-7-17(30-3)8-6-16/h5-8,13,19H,4,9-12,14H2,1-3H3/p+1/t19-/m1/s1. The highest BCUT2D eigenvalue weighted by molar-refractivity contribution is 6.04. The van der Waals surface area contributed by atoms with Gasteiger partial charge in [0.1, 0.15) is 17.4 Å². The first-order valence-corrected chi connectivity index (χ1v) is 10.4. The summed E-state index contributed by atoms with van der Waals surface area (Å²) < 4.78 is 5.24. The third-order valence-corrected chi connectivity index (χ3v) is 5.99. The fraction of sp³-hybridized carbons (Fsp3) is 0.455. The van der Waals surface area contributed by atoms with Gasteiger partial charge in [0.25, 0.3) is 5.91 Å². The summed E-state index contributed by atoms with van der Waals surface area (Å²) >= 11 is 0. The van der Waals surface area contributed by atoms with Crippen LogP contribution in [-0.2, 0) is 9.59 Å². The number of hydrogen-bond donors (Lipinski definition) is 1. The number of nitrogens with one attached hydrogen (secondary N) is 1. The molecule has 1 aromatic heterocycles. The summed E-state index contributed by atoms with van der Waals surface area (Å²) in [5.74, 6) is 2.37. The molecule has 8 heteroatoms. The van der Waals surface area contributed by atoms with Gasteiger partial charge in [-0.25, -0.2) is 9.97 Å². The summed E-state index contributed by atoms with van der Waals surface area (Å²) in [4.78, 5) is 38.7. The van der Waals surface area contributed by atoms with Crippen LogP contribution in [0.2, 0.25) is 0 Å². The Morgan fingerprint density at radius 1 is 1.13 bits per heavy atom. The molecule has 4 rings (SSSR count). The maximum Gasteiger partial charge on any atom is 0.288 e. The molecule has 2 saturated heterocycles. The molecule has 1 aromatic carbocycles. The Labute approximate surface area is 176 Å². The molecule has 0 spiro atoms. The Balaban J connectivity index is 1.46. The van der Waals surface area contributed by atoms with Gasteiger partial charge < -0.3 is 14.5 Å². The third kappa shape index (κ3) is 3.87. The minimum absolute atomic E-state index is 0.0226. The van der Waals surface area contributed by atoms with Crippen LogP contribution in [-0.4, -0.2) is 72.6 Å². The van der Waals surface area contributed by atoms with E-state index in [1.165, 1.54) is 9.80 Å². The number of amides is 2. The maximum absolute atomic E-state index is 12.5. The van der Waals surface area contributed by atoms with Crippen molar-refractivity contribution in [3.8, 4) is 17.0 Å². The Bertz CT molecular complexity index is 938. The Morgan fingerprint density at radius 2 is 1.83 bits per heavy atom. The highest BCUT2D eigenvalue weighted by Crippen LogP contribution is 2.24. The molecule has 1 N–H and O–H groups in total. The van der Waals surface area contributed by atoms with Gasteiger partial charge in [-0.15, -0.1) is 0 Å². The lowest BCUT2D eigenvalue weighted by Gasteiger charge is -2.35. The molecule has 2 fully saturated rings. The predicted molar refractivity (Wildman–Crippen MR) is 112 cm³/mol. The lowest BCUT2D eigenvalue weighted by molar-refractivity contribution is -0.915. The van der Waals surface area contributed by atoms with Crippen LogP contribution in [0.3, 0.4) is 0 Å². The molecular formula is C22H28N5O3+. The number of hydrogen-bond acceptors (Lipinski definition) is 6. The first-order chi connectivity index (χ1) is 14.5. The summed E-state index contributed by atoms with van der Waals surface area (Å²) in [6, 6.07) is 9.62. The van der Waals surface area contributed by atoms with E-state index in [1.54, 1.807) is 7.11 Å². The number of rotatable bonds is 5. The normalized spacial score (nSPS) is 20.2. The van der Waals surface area contributed by atoms with Gasteiger partial charge in [-0.2, -0.15) is 0 Å². The van der Waals surface area contributed by atoms with Crippen molar-refractivity contribution in [3.63, 3.8) is 0 Å². The number of ether oxygens (including phenoxy) is 1. The van der Waals surface area contributed by atoms with Crippen molar-refractivity contribution in [2.75, 3.05) is 44.7 Å². The van der Waals surface area contributed by atoms with Gasteiger partial charge in [-0.05, 0) is 38.1 Å². The van der Waals surface area contributed by atoms with Crippen LogP contribution in [0.15, 0.2) is 30.3 Å². The van der Waals surface area contributed by atoms with E-state index in [9.17, 15) is 9.59 Å². The summed E-state index contributed by atoms with van der Waals surface area (Å²) in [6.45, 7) is 7.41. The lowest BCUT2D eigenvalue weighted by Crippen LogP contribution is -3.19. The molecule has 8 nitrogen and oxygen atoms in total. The number of carbonyl (C=O) groups is 2. The number of quaternary nitrogens is 1.